The first kappa shape index (κ1) is 13.9. The van der Waals surface area contributed by atoms with Crippen molar-refractivity contribution in [3.05, 3.63) is 38.3 Å². The minimum Gasteiger partial charge on any atom is -0.324 e. The summed E-state index contributed by atoms with van der Waals surface area (Å²) in [6, 6.07) is 2.37. The predicted molar refractivity (Wildman–Crippen MR) is 58.4 cm³/mol. The topological polar surface area (TPSA) is 69.2 Å². The molecule has 0 unspecified atom stereocenters. The van der Waals surface area contributed by atoms with Gasteiger partial charge in [0.1, 0.15) is 0 Å². The Hall–Kier alpha value is -1.15. The Morgan fingerprint density at radius 1 is 1.47 bits per heavy atom. The van der Waals surface area contributed by atoms with Crippen LogP contribution in [0.1, 0.15) is 18.0 Å². The number of nitro groups is 1. The van der Waals surface area contributed by atoms with Gasteiger partial charge in [0.15, 0.2) is 0 Å². The second-order valence-electron chi connectivity index (χ2n) is 3.39. The maximum absolute atomic E-state index is 12.1. The van der Waals surface area contributed by atoms with Crippen LogP contribution in [0.3, 0.4) is 0 Å². The number of nitro benzene ring substituents is 1. The Morgan fingerprint density at radius 3 is 2.53 bits per heavy atom. The highest BCUT2D eigenvalue weighted by atomic mass is 79.9. The quantitative estimate of drug-likeness (QED) is 0.687. The molecule has 0 aromatic heterocycles. The van der Waals surface area contributed by atoms with Crippen LogP contribution in [-0.4, -0.2) is 11.1 Å². The molecule has 0 aliphatic carbocycles. The van der Waals surface area contributed by atoms with Crippen molar-refractivity contribution in [1.82, 2.24) is 0 Å². The summed E-state index contributed by atoms with van der Waals surface area (Å²) in [6.07, 6.45) is -5.62. The Kier molecular flexibility index (Phi) is 4.10. The molecule has 0 spiro atoms. The average molecular weight is 313 g/mol. The summed E-state index contributed by atoms with van der Waals surface area (Å²) in [7, 11) is 0. The van der Waals surface area contributed by atoms with E-state index in [0.29, 0.717) is 0 Å². The van der Waals surface area contributed by atoms with E-state index in [4.69, 9.17) is 5.73 Å². The van der Waals surface area contributed by atoms with Crippen molar-refractivity contribution < 1.29 is 18.1 Å². The molecule has 0 amide bonds. The molecule has 0 saturated carbocycles. The fourth-order valence-electron chi connectivity index (χ4n) is 1.27. The van der Waals surface area contributed by atoms with E-state index in [-0.39, 0.29) is 15.7 Å². The zero-order chi connectivity index (χ0) is 13.2. The summed E-state index contributed by atoms with van der Waals surface area (Å²) in [5.74, 6) is 0. The van der Waals surface area contributed by atoms with Gasteiger partial charge in [0, 0.05) is 12.1 Å². The summed E-state index contributed by atoms with van der Waals surface area (Å²) in [5, 5.41) is 10.6. The third-order valence-corrected chi connectivity index (χ3v) is 2.72. The normalized spacial score (nSPS) is 13.5. The number of nitrogens with two attached hydrogens (primary N) is 1. The van der Waals surface area contributed by atoms with Gasteiger partial charge >= 0.3 is 6.18 Å². The molecule has 1 aromatic carbocycles. The molecule has 0 bridgehead atoms. The van der Waals surface area contributed by atoms with Crippen LogP contribution in [0.5, 0.6) is 0 Å². The van der Waals surface area contributed by atoms with Crippen molar-refractivity contribution in [2.75, 3.05) is 0 Å². The van der Waals surface area contributed by atoms with E-state index < -0.39 is 23.6 Å². The lowest BCUT2D eigenvalue weighted by atomic mass is 10.0. The standard InChI is InChI=1S/C9H8BrF3N2O2/c10-6-2-1-5(3-8(6)15(16)17)7(14)4-9(11,12)13/h1-3,7H,4,14H2/t7-/m1/s1. The number of nitrogens with zero attached hydrogens (tertiary/aromatic N) is 1. The fourth-order valence-corrected chi connectivity index (χ4v) is 1.66. The Balaban J connectivity index is 3.00. The second kappa shape index (κ2) is 5.01. The molecular formula is C9H8BrF3N2O2. The van der Waals surface area contributed by atoms with E-state index in [1.54, 1.807) is 0 Å². The van der Waals surface area contributed by atoms with Gasteiger partial charge < -0.3 is 5.73 Å². The second-order valence-corrected chi connectivity index (χ2v) is 4.25. The van der Waals surface area contributed by atoms with Crippen LogP contribution in [0.2, 0.25) is 0 Å². The SMILES string of the molecule is N[C@H](CC(F)(F)F)c1ccc(Br)c([N+](=O)[O-])c1. The van der Waals surface area contributed by atoms with Gasteiger partial charge in [-0.15, -0.1) is 0 Å². The van der Waals surface area contributed by atoms with Gasteiger partial charge in [-0.2, -0.15) is 13.2 Å². The lowest BCUT2D eigenvalue weighted by Crippen LogP contribution is -2.20. The molecule has 17 heavy (non-hydrogen) atoms. The van der Waals surface area contributed by atoms with Crippen LogP contribution in [0.4, 0.5) is 18.9 Å². The maximum Gasteiger partial charge on any atom is 0.390 e. The summed E-state index contributed by atoms with van der Waals surface area (Å²) >= 11 is 2.94. The van der Waals surface area contributed by atoms with Gasteiger partial charge in [0.05, 0.1) is 15.8 Å². The van der Waals surface area contributed by atoms with Crippen LogP contribution in [0.25, 0.3) is 0 Å². The van der Waals surface area contributed by atoms with Crippen molar-refractivity contribution in [1.29, 1.82) is 0 Å². The van der Waals surface area contributed by atoms with Crippen LogP contribution < -0.4 is 5.73 Å². The van der Waals surface area contributed by atoms with E-state index in [1.165, 1.54) is 12.1 Å². The van der Waals surface area contributed by atoms with Crippen molar-refractivity contribution in [2.24, 2.45) is 5.73 Å². The van der Waals surface area contributed by atoms with E-state index in [0.717, 1.165) is 6.07 Å². The fraction of sp³-hybridized carbons (Fsp3) is 0.333. The number of benzene rings is 1. The third-order valence-electron chi connectivity index (χ3n) is 2.05. The van der Waals surface area contributed by atoms with Crippen molar-refractivity contribution in [3.8, 4) is 0 Å². The molecule has 0 saturated heterocycles. The molecule has 1 atom stereocenters. The largest absolute Gasteiger partial charge is 0.390 e. The molecule has 94 valence electrons. The summed E-state index contributed by atoms with van der Waals surface area (Å²) in [5.41, 5.74) is 5.12. The summed E-state index contributed by atoms with van der Waals surface area (Å²) in [4.78, 5) is 9.91. The zero-order valence-corrected chi connectivity index (χ0v) is 9.96. The highest BCUT2D eigenvalue weighted by Gasteiger charge is 2.31. The van der Waals surface area contributed by atoms with Gasteiger partial charge in [-0.25, -0.2) is 0 Å². The first-order valence-electron chi connectivity index (χ1n) is 4.47. The molecule has 2 N–H and O–H groups in total. The van der Waals surface area contributed by atoms with Gasteiger partial charge in [0.25, 0.3) is 5.69 Å². The monoisotopic (exact) mass is 312 g/mol. The van der Waals surface area contributed by atoms with E-state index in [9.17, 15) is 23.3 Å². The first-order valence-corrected chi connectivity index (χ1v) is 5.26. The number of hydrogen-bond donors (Lipinski definition) is 1. The van der Waals surface area contributed by atoms with Crippen molar-refractivity contribution in [2.45, 2.75) is 18.6 Å². The van der Waals surface area contributed by atoms with Crippen molar-refractivity contribution in [3.63, 3.8) is 0 Å². The molecule has 0 fully saturated rings. The lowest BCUT2D eigenvalue weighted by molar-refractivity contribution is -0.385. The number of rotatable bonds is 3. The lowest BCUT2D eigenvalue weighted by Gasteiger charge is -2.14. The number of halogens is 4. The van der Waals surface area contributed by atoms with Gasteiger partial charge in [-0.1, -0.05) is 6.07 Å². The van der Waals surface area contributed by atoms with Crippen LogP contribution in [0.15, 0.2) is 22.7 Å². The highest BCUT2D eigenvalue weighted by molar-refractivity contribution is 9.10. The third kappa shape index (κ3) is 3.97. The zero-order valence-electron chi connectivity index (χ0n) is 8.37. The van der Waals surface area contributed by atoms with Gasteiger partial charge in [0.2, 0.25) is 0 Å². The van der Waals surface area contributed by atoms with Crippen LogP contribution in [0, 0.1) is 10.1 Å². The van der Waals surface area contributed by atoms with E-state index in [2.05, 4.69) is 15.9 Å². The Morgan fingerprint density at radius 2 is 2.06 bits per heavy atom. The number of hydrogen-bond acceptors (Lipinski definition) is 3. The van der Waals surface area contributed by atoms with Crippen LogP contribution >= 0.6 is 15.9 Å². The average Bonchev–Trinajstić information content (AvgIpc) is 2.14. The molecule has 1 aromatic rings. The van der Waals surface area contributed by atoms with Gasteiger partial charge in [-0.05, 0) is 27.6 Å². The maximum atomic E-state index is 12.1. The minimum absolute atomic E-state index is 0.0808. The van der Waals surface area contributed by atoms with E-state index >= 15 is 0 Å². The Labute approximate surface area is 103 Å². The van der Waals surface area contributed by atoms with Crippen molar-refractivity contribution >= 4 is 21.6 Å². The first-order chi connectivity index (χ1) is 7.70. The minimum atomic E-state index is -4.40. The van der Waals surface area contributed by atoms with E-state index in [1.807, 2.05) is 0 Å². The number of alkyl halides is 3. The van der Waals surface area contributed by atoms with Gasteiger partial charge in [-0.3, -0.25) is 10.1 Å². The summed E-state index contributed by atoms with van der Waals surface area (Å²) < 4.78 is 36.5. The molecule has 0 heterocycles. The molecular weight excluding hydrogens is 305 g/mol. The molecule has 0 aliphatic rings. The highest BCUT2D eigenvalue weighted by Crippen LogP contribution is 2.32. The van der Waals surface area contributed by atoms with Crippen LogP contribution in [-0.2, 0) is 0 Å². The predicted octanol–water partition coefficient (Wildman–Crippen LogP) is 3.31. The molecule has 0 radical (unpaired) electrons. The molecule has 4 nitrogen and oxygen atoms in total. The Bertz CT molecular complexity index is 437. The smallest absolute Gasteiger partial charge is 0.324 e. The molecule has 8 heteroatoms. The molecule has 1 rings (SSSR count). The molecule has 0 aliphatic heterocycles. The summed E-state index contributed by atoms with van der Waals surface area (Å²) in [6.45, 7) is 0.